The van der Waals surface area contributed by atoms with Crippen molar-refractivity contribution in [1.82, 2.24) is 5.32 Å². The molecule has 0 aromatic rings. The fourth-order valence-corrected chi connectivity index (χ4v) is 16.0. The number of rotatable bonds is 0. The van der Waals surface area contributed by atoms with E-state index in [1.165, 1.54) is 122 Å². The predicted molar refractivity (Wildman–Crippen MR) is 249 cm³/mol. The lowest BCUT2D eigenvalue weighted by molar-refractivity contribution is 0.158. The minimum atomic E-state index is 0.930. The van der Waals surface area contributed by atoms with E-state index >= 15 is 0 Å². The Morgan fingerprint density at radius 1 is 0.175 bits per heavy atom. The summed E-state index contributed by atoms with van der Waals surface area (Å²) >= 11 is 0. The highest BCUT2D eigenvalue weighted by Crippen LogP contribution is 2.47. The van der Waals surface area contributed by atoms with Crippen LogP contribution >= 0.6 is 0 Å². The summed E-state index contributed by atoms with van der Waals surface area (Å²) in [5.74, 6) is 12.1. The molecular weight excluding hydrogens is 687 g/mol. The van der Waals surface area contributed by atoms with E-state index in [0.717, 1.165) is 71.0 Å². The quantitative estimate of drug-likeness (QED) is 0.258. The van der Waals surface area contributed by atoms with E-state index in [1.54, 1.807) is 161 Å². The van der Waals surface area contributed by atoms with E-state index < -0.39 is 0 Å². The molecular formula is C56H101N. The van der Waals surface area contributed by atoms with Crippen LogP contribution in [0, 0.1) is 71.0 Å². The summed E-state index contributed by atoms with van der Waals surface area (Å²) in [5, 5.41) is 4.40. The smallest absolute Gasteiger partial charge is 0.00177 e. The second kappa shape index (κ2) is 25.8. The van der Waals surface area contributed by atoms with Gasteiger partial charge in [-0.15, -0.1) is 0 Å². The van der Waals surface area contributed by atoms with Crippen LogP contribution in [0.25, 0.3) is 0 Å². The van der Waals surface area contributed by atoms with Crippen molar-refractivity contribution in [3.05, 3.63) is 0 Å². The number of fused-ring (bicyclic) bond motifs is 3. The van der Waals surface area contributed by atoms with Crippen molar-refractivity contribution in [1.29, 1.82) is 0 Å². The van der Waals surface area contributed by atoms with Crippen LogP contribution in [-0.2, 0) is 0 Å². The summed E-state index contributed by atoms with van der Waals surface area (Å²) in [7, 11) is 0. The van der Waals surface area contributed by atoms with Gasteiger partial charge >= 0.3 is 0 Å². The molecule has 12 atom stereocenters. The second-order valence-electron chi connectivity index (χ2n) is 23.3. The van der Waals surface area contributed by atoms with E-state index in [9.17, 15) is 0 Å². The van der Waals surface area contributed by atoms with Gasteiger partial charge in [0.25, 0.3) is 0 Å². The molecule has 1 nitrogen and oxygen atoms in total. The Morgan fingerprint density at radius 3 is 0.982 bits per heavy atom. The Kier molecular flexibility index (Phi) is 20.4. The molecule has 0 aromatic heterocycles. The number of hydrogen-bond donors (Lipinski definition) is 1. The molecule has 8 aliphatic rings. The molecule has 57 heavy (non-hydrogen) atoms. The van der Waals surface area contributed by atoms with Gasteiger partial charge in [-0.1, -0.05) is 212 Å². The van der Waals surface area contributed by atoms with Crippen LogP contribution in [-0.4, -0.2) is 13.1 Å². The van der Waals surface area contributed by atoms with Crippen LogP contribution in [0.4, 0.5) is 0 Å². The van der Waals surface area contributed by atoms with Gasteiger partial charge in [-0.2, -0.15) is 0 Å². The predicted octanol–water partition coefficient (Wildman–Crippen LogP) is 17.4. The zero-order chi connectivity index (χ0) is 38.7. The van der Waals surface area contributed by atoms with Crippen LogP contribution in [0.1, 0.15) is 270 Å². The maximum Gasteiger partial charge on any atom is -0.00177 e. The summed E-state index contributed by atoms with van der Waals surface area (Å²) < 4.78 is 0. The third-order valence-electron chi connectivity index (χ3n) is 19.5. The average molecular weight is 788 g/mol. The van der Waals surface area contributed by atoms with Crippen molar-refractivity contribution < 1.29 is 0 Å². The highest BCUT2D eigenvalue weighted by molar-refractivity contribution is 4.89. The first-order chi connectivity index (χ1) is 28.3. The lowest BCUT2D eigenvalue weighted by Crippen LogP contribution is -2.34. The number of hydrogen-bond acceptors (Lipinski definition) is 1. The molecule has 0 radical (unpaired) electrons. The molecule has 10 bridgehead atoms. The number of nitrogens with one attached hydrogen (secondary N) is 1. The fraction of sp³-hybridized carbons (Fsp3) is 1.00. The van der Waals surface area contributed by atoms with Crippen molar-refractivity contribution in [2.45, 2.75) is 270 Å². The summed E-state index contributed by atoms with van der Waals surface area (Å²) in [6, 6.07) is 0. The van der Waals surface area contributed by atoms with Gasteiger partial charge in [-0.3, -0.25) is 0 Å². The first kappa shape index (κ1) is 45.0. The Balaban J connectivity index is 1.22. The van der Waals surface area contributed by atoms with Gasteiger partial charge in [-0.05, 0) is 142 Å². The molecule has 9 unspecified atom stereocenters. The van der Waals surface area contributed by atoms with E-state index in [2.05, 4.69) is 5.32 Å². The monoisotopic (exact) mass is 788 g/mol. The standard InChI is InChI=1S/C56H101N/c1-2-6-13-27-50-38-39-56-44-57-43-55-31-21-30-54(55)42-53-29-18-9-5-4-7-14-26-49(47-22-15-10-11-16-23-48(50)25-20-12-19-24-47)36-37-51(53)35-34-45-32-33-46(40-45)41-52(56)28-17-8-3-1/h45-57H,1-44H2/t45?,46?,47?,48?,49?,50?,51?,52-,53+,54?,55+,56?/m1/s1. The Hall–Kier alpha value is -0.0400. The molecule has 2 heterocycles. The summed E-state index contributed by atoms with van der Waals surface area (Å²) in [5.41, 5.74) is 0. The highest BCUT2D eigenvalue weighted by atomic mass is 14.9. The van der Waals surface area contributed by atoms with Gasteiger partial charge < -0.3 is 5.32 Å². The van der Waals surface area contributed by atoms with Gasteiger partial charge in [0.05, 0.1) is 0 Å². The third-order valence-corrected chi connectivity index (χ3v) is 19.5. The molecule has 8 fully saturated rings. The van der Waals surface area contributed by atoms with Crippen molar-refractivity contribution in [3.63, 3.8) is 0 Å². The van der Waals surface area contributed by atoms with Crippen molar-refractivity contribution in [2.75, 3.05) is 13.1 Å². The van der Waals surface area contributed by atoms with Crippen LogP contribution in [0.3, 0.4) is 0 Å². The van der Waals surface area contributed by atoms with E-state index in [-0.39, 0.29) is 0 Å². The first-order valence-corrected chi connectivity index (χ1v) is 28.0. The fourth-order valence-electron chi connectivity index (χ4n) is 16.0. The average Bonchev–Trinajstić information content (AvgIpc) is 3.87. The molecule has 2 aliphatic heterocycles. The van der Waals surface area contributed by atoms with Crippen molar-refractivity contribution in [3.8, 4) is 0 Å². The van der Waals surface area contributed by atoms with Gasteiger partial charge in [0, 0.05) is 0 Å². The normalized spacial score (nSPS) is 41.7. The summed E-state index contributed by atoms with van der Waals surface area (Å²) in [4.78, 5) is 0. The molecule has 6 aliphatic carbocycles. The van der Waals surface area contributed by atoms with Crippen LogP contribution in [0.2, 0.25) is 0 Å². The lowest BCUT2D eigenvalue weighted by atomic mass is 9.71. The first-order valence-electron chi connectivity index (χ1n) is 28.0. The molecule has 0 aromatic carbocycles. The van der Waals surface area contributed by atoms with E-state index in [0.29, 0.717) is 0 Å². The minimum Gasteiger partial charge on any atom is -0.316 e. The van der Waals surface area contributed by atoms with Gasteiger partial charge in [0.2, 0.25) is 0 Å². The van der Waals surface area contributed by atoms with Gasteiger partial charge in [-0.25, -0.2) is 0 Å². The molecule has 6 saturated carbocycles. The Morgan fingerprint density at radius 2 is 0.456 bits per heavy atom. The lowest BCUT2D eigenvalue weighted by Gasteiger charge is -2.36. The SMILES string of the molecule is C1CCCCC2CCC3CNC[C@@H]4CCCC4C[C@@H]4CCCCCCCCC(CCC4CCC4CCC(C4)C[C@H]3CCCC1)C1CCCCCCC2CCCCC1. The molecule has 8 rings (SSSR count). The summed E-state index contributed by atoms with van der Waals surface area (Å²) in [6.07, 6.45) is 65.3. The Bertz CT molecular complexity index is 1030. The summed E-state index contributed by atoms with van der Waals surface area (Å²) in [6.45, 7) is 2.71. The molecule has 0 amide bonds. The molecule has 1 heteroatoms. The van der Waals surface area contributed by atoms with Crippen LogP contribution in [0.5, 0.6) is 0 Å². The van der Waals surface area contributed by atoms with Crippen LogP contribution < -0.4 is 5.32 Å². The van der Waals surface area contributed by atoms with E-state index in [4.69, 9.17) is 0 Å². The van der Waals surface area contributed by atoms with Gasteiger partial charge in [0.1, 0.15) is 0 Å². The topological polar surface area (TPSA) is 12.0 Å². The van der Waals surface area contributed by atoms with Crippen molar-refractivity contribution >= 4 is 0 Å². The second-order valence-corrected chi connectivity index (χ2v) is 23.3. The molecule has 2 saturated heterocycles. The minimum absolute atomic E-state index is 0.930. The maximum atomic E-state index is 4.40. The molecule has 1 N–H and O–H groups in total. The third kappa shape index (κ3) is 15.1. The van der Waals surface area contributed by atoms with Gasteiger partial charge in [0.15, 0.2) is 0 Å². The zero-order valence-electron chi connectivity index (χ0n) is 38.5. The zero-order valence-corrected chi connectivity index (χ0v) is 38.5. The molecule has 0 spiro atoms. The van der Waals surface area contributed by atoms with Crippen molar-refractivity contribution in [2.24, 2.45) is 71.0 Å². The largest absolute Gasteiger partial charge is 0.316 e. The highest BCUT2D eigenvalue weighted by Gasteiger charge is 2.36. The van der Waals surface area contributed by atoms with Crippen LogP contribution in [0.15, 0.2) is 0 Å². The van der Waals surface area contributed by atoms with E-state index in [1.807, 2.05) is 0 Å². The molecule has 330 valence electrons. The Labute approximate surface area is 357 Å². The maximum absolute atomic E-state index is 4.40.